The largest absolute Gasteiger partial charge is 0.361 e. The fourth-order valence-electron chi connectivity index (χ4n) is 3.68. The Morgan fingerprint density at radius 3 is 2.90 bits per heavy atom. The van der Waals surface area contributed by atoms with E-state index in [0.29, 0.717) is 12.1 Å². The number of amides is 1. The number of aromatic nitrogens is 5. The number of hydrogen-bond acceptors (Lipinski definition) is 3. The zero-order valence-corrected chi connectivity index (χ0v) is 15.9. The Hall–Kier alpha value is -3.87. The van der Waals surface area contributed by atoms with Crippen molar-refractivity contribution in [1.29, 1.82) is 0 Å². The first-order valence-corrected chi connectivity index (χ1v) is 9.48. The van der Waals surface area contributed by atoms with Gasteiger partial charge in [0.2, 0.25) is 0 Å². The molecule has 0 unspecified atom stereocenters. The number of aromatic amines is 2. The summed E-state index contributed by atoms with van der Waals surface area (Å²) in [5, 5.41) is 9.32. The Morgan fingerprint density at radius 2 is 2.03 bits per heavy atom. The van der Waals surface area contributed by atoms with Gasteiger partial charge in [-0.3, -0.25) is 9.48 Å². The minimum absolute atomic E-state index is 0.127. The highest BCUT2D eigenvalue weighted by Gasteiger charge is 2.13. The van der Waals surface area contributed by atoms with Gasteiger partial charge in [0.1, 0.15) is 5.65 Å². The Kier molecular flexibility index (Phi) is 4.13. The molecule has 0 saturated heterocycles. The maximum atomic E-state index is 12.7. The molecule has 0 atom stereocenters. The summed E-state index contributed by atoms with van der Waals surface area (Å²) in [4.78, 5) is 23.5. The van der Waals surface area contributed by atoms with Crippen molar-refractivity contribution in [1.82, 2.24) is 30.0 Å². The fraction of sp³-hybridized carbons (Fsp3) is 0.136. The number of carbonyl (C=O) groups excluding carboxylic acids is 1. The minimum Gasteiger partial charge on any atom is -0.361 e. The lowest BCUT2D eigenvalue weighted by Crippen LogP contribution is -2.25. The molecule has 0 bridgehead atoms. The molecule has 29 heavy (non-hydrogen) atoms. The van der Waals surface area contributed by atoms with Crippen LogP contribution < -0.4 is 5.32 Å². The van der Waals surface area contributed by atoms with Crippen molar-refractivity contribution < 1.29 is 4.79 Å². The van der Waals surface area contributed by atoms with E-state index in [9.17, 15) is 4.79 Å². The molecule has 1 aromatic carbocycles. The summed E-state index contributed by atoms with van der Waals surface area (Å²) in [6, 6.07) is 10.0. The zero-order chi connectivity index (χ0) is 19.8. The van der Waals surface area contributed by atoms with Crippen LogP contribution in [0, 0.1) is 0 Å². The van der Waals surface area contributed by atoms with E-state index >= 15 is 0 Å². The summed E-state index contributed by atoms with van der Waals surface area (Å²) in [6.07, 6.45) is 10.0. The van der Waals surface area contributed by atoms with Crippen LogP contribution >= 0.6 is 0 Å². The highest BCUT2D eigenvalue weighted by Crippen LogP contribution is 2.27. The van der Waals surface area contributed by atoms with Crippen LogP contribution in [0.15, 0.2) is 61.3 Å². The molecule has 7 nitrogen and oxygen atoms in total. The fourth-order valence-corrected chi connectivity index (χ4v) is 3.68. The number of hydrogen-bond donors (Lipinski definition) is 3. The molecule has 4 aromatic heterocycles. The number of para-hydroxylation sites is 1. The van der Waals surface area contributed by atoms with Gasteiger partial charge in [0.05, 0.1) is 11.8 Å². The summed E-state index contributed by atoms with van der Waals surface area (Å²) in [5.74, 6) is -0.127. The van der Waals surface area contributed by atoms with Crippen molar-refractivity contribution in [2.75, 3.05) is 6.54 Å². The van der Waals surface area contributed by atoms with Gasteiger partial charge in [-0.15, -0.1) is 0 Å². The van der Waals surface area contributed by atoms with E-state index < -0.39 is 0 Å². The summed E-state index contributed by atoms with van der Waals surface area (Å²) in [6.45, 7) is 0.557. The molecule has 0 saturated carbocycles. The van der Waals surface area contributed by atoms with Gasteiger partial charge in [-0.1, -0.05) is 18.2 Å². The molecule has 0 spiro atoms. The first-order valence-electron chi connectivity index (χ1n) is 9.48. The standard InChI is InChI=1S/C22H20N6O/c1-28-13-16(11-27-28)19-12-26-21-18(19)8-15(10-25-21)22(29)23-7-6-14-9-24-20-5-3-2-4-17(14)20/h2-5,8-13,24H,6-7H2,1H3,(H,23,29)(H,25,26). The van der Waals surface area contributed by atoms with Gasteiger partial charge in [0.15, 0.2) is 0 Å². The van der Waals surface area contributed by atoms with Gasteiger partial charge in [0.25, 0.3) is 5.91 Å². The molecule has 1 amide bonds. The summed E-state index contributed by atoms with van der Waals surface area (Å²) >= 11 is 0. The third-order valence-electron chi connectivity index (χ3n) is 5.16. The lowest BCUT2D eigenvalue weighted by Gasteiger charge is -2.05. The van der Waals surface area contributed by atoms with Crippen molar-refractivity contribution >= 4 is 27.8 Å². The number of nitrogens with zero attached hydrogens (tertiary/aromatic N) is 3. The molecule has 0 fully saturated rings. The van der Waals surface area contributed by atoms with Gasteiger partial charge in [-0.05, 0) is 24.1 Å². The van der Waals surface area contributed by atoms with Gasteiger partial charge in [0, 0.05) is 65.8 Å². The van der Waals surface area contributed by atoms with Crippen LogP contribution in [0.5, 0.6) is 0 Å². The number of benzene rings is 1. The Labute approximate surface area is 166 Å². The number of rotatable bonds is 5. The summed E-state index contributed by atoms with van der Waals surface area (Å²) in [5.41, 5.74) is 5.56. The van der Waals surface area contributed by atoms with E-state index in [1.165, 1.54) is 10.9 Å². The monoisotopic (exact) mass is 384 g/mol. The molecule has 0 aliphatic heterocycles. The van der Waals surface area contributed by atoms with Crippen molar-refractivity contribution in [2.24, 2.45) is 7.05 Å². The normalized spacial score (nSPS) is 11.3. The van der Waals surface area contributed by atoms with E-state index in [1.54, 1.807) is 17.1 Å². The van der Waals surface area contributed by atoms with Gasteiger partial charge < -0.3 is 15.3 Å². The molecule has 4 heterocycles. The quantitative estimate of drug-likeness (QED) is 0.434. The summed E-state index contributed by atoms with van der Waals surface area (Å²) < 4.78 is 1.75. The van der Waals surface area contributed by atoms with Crippen LogP contribution in [0.2, 0.25) is 0 Å². The average Bonchev–Trinajstić information content (AvgIpc) is 3.45. The lowest BCUT2D eigenvalue weighted by molar-refractivity contribution is 0.0954. The third-order valence-corrected chi connectivity index (χ3v) is 5.16. The predicted molar refractivity (Wildman–Crippen MR) is 113 cm³/mol. The zero-order valence-electron chi connectivity index (χ0n) is 15.9. The maximum absolute atomic E-state index is 12.7. The number of carbonyl (C=O) groups is 1. The van der Waals surface area contributed by atoms with Crippen molar-refractivity contribution in [3.05, 3.63) is 72.4 Å². The first-order chi connectivity index (χ1) is 14.2. The highest BCUT2D eigenvalue weighted by atomic mass is 16.1. The van der Waals surface area contributed by atoms with E-state index in [2.05, 4.69) is 37.5 Å². The molecular weight excluding hydrogens is 364 g/mol. The number of aryl methyl sites for hydroxylation is 1. The number of nitrogens with one attached hydrogen (secondary N) is 3. The second-order valence-corrected chi connectivity index (χ2v) is 7.09. The number of H-pyrrole nitrogens is 2. The molecule has 0 aliphatic carbocycles. The smallest absolute Gasteiger partial charge is 0.252 e. The Morgan fingerprint density at radius 1 is 1.14 bits per heavy atom. The lowest BCUT2D eigenvalue weighted by atomic mass is 10.1. The van der Waals surface area contributed by atoms with E-state index in [4.69, 9.17) is 0 Å². The Bertz CT molecular complexity index is 1330. The second kappa shape index (κ2) is 6.94. The van der Waals surface area contributed by atoms with Gasteiger partial charge >= 0.3 is 0 Å². The van der Waals surface area contributed by atoms with Crippen LogP contribution in [-0.2, 0) is 13.5 Å². The molecule has 3 N–H and O–H groups in total. The first kappa shape index (κ1) is 17.2. The highest BCUT2D eigenvalue weighted by molar-refractivity contribution is 6.01. The maximum Gasteiger partial charge on any atom is 0.252 e. The van der Waals surface area contributed by atoms with Crippen molar-refractivity contribution in [3.8, 4) is 11.1 Å². The van der Waals surface area contributed by atoms with E-state index in [0.717, 1.165) is 34.1 Å². The number of fused-ring (bicyclic) bond motifs is 2. The van der Waals surface area contributed by atoms with Crippen LogP contribution in [0.3, 0.4) is 0 Å². The van der Waals surface area contributed by atoms with Gasteiger partial charge in [-0.2, -0.15) is 5.10 Å². The molecule has 0 radical (unpaired) electrons. The second-order valence-electron chi connectivity index (χ2n) is 7.09. The van der Waals surface area contributed by atoms with Gasteiger partial charge in [-0.25, -0.2) is 4.98 Å². The summed E-state index contributed by atoms with van der Waals surface area (Å²) in [7, 11) is 1.88. The molecule has 5 rings (SSSR count). The molecular formula is C22H20N6O. The predicted octanol–water partition coefficient (Wildman–Crippen LogP) is 3.42. The molecule has 144 valence electrons. The third kappa shape index (κ3) is 3.16. The van der Waals surface area contributed by atoms with Crippen molar-refractivity contribution in [3.63, 3.8) is 0 Å². The minimum atomic E-state index is -0.127. The molecule has 0 aliphatic rings. The van der Waals surface area contributed by atoms with Crippen LogP contribution in [0.4, 0.5) is 0 Å². The molecule has 7 heteroatoms. The molecule has 5 aromatic rings. The van der Waals surface area contributed by atoms with Crippen molar-refractivity contribution in [2.45, 2.75) is 6.42 Å². The topological polar surface area (TPSA) is 91.4 Å². The van der Waals surface area contributed by atoms with E-state index in [-0.39, 0.29) is 5.91 Å². The average molecular weight is 384 g/mol. The van der Waals surface area contributed by atoms with Crippen LogP contribution in [-0.4, -0.2) is 37.2 Å². The van der Waals surface area contributed by atoms with Crippen LogP contribution in [0.25, 0.3) is 33.1 Å². The van der Waals surface area contributed by atoms with Crippen LogP contribution in [0.1, 0.15) is 15.9 Å². The van der Waals surface area contributed by atoms with E-state index in [1.807, 2.05) is 43.8 Å². The SMILES string of the molecule is Cn1cc(-c2c[nH]c3ncc(C(=O)NCCc4c[nH]c5ccccc45)cc23)cn1. The number of pyridine rings is 1. The Balaban J connectivity index is 1.33.